The Balaban J connectivity index is 1.44. The highest BCUT2D eigenvalue weighted by atomic mass is 19.4. The van der Waals surface area contributed by atoms with E-state index >= 15 is 0 Å². The van der Waals surface area contributed by atoms with E-state index in [2.05, 4.69) is 20.9 Å². The molecule has 0 spiro atoms. The molecule has 202 valence electrons. The number of carboxylic acids is 1. The second-order valence-corrected chi connectivity index (χ2v) is 10.7. The first kappa shape index (κ1) is 27.8. The van der Waals surface area contributed by atoms with Crippen LogP contribution in [0.15, 0.2) is 67.0 Å². The largest absolute Gasteiger partial charge is 0.481 e. The maximum Gasteiger partial charge on any atom is 0.397 e. The van der Waals surface area contributed by atoms with E-state index in [9.17, 15) is 23.1 Å². The number of aromatic nitrogens is 1. The molecule has 3 aromatic rings. The molecule has 8 heteroatoms. The summed E-state index contributed by atoms with van der Waals surface area (Å²) in [4.78, 5) is 20.1. The Morgan fingerprint density at radius 3 is 2.26 bits per heavy atom. The Kier molecular flexibility index (Phi) is 8.23. The summed E-state index contributed by atoms with van der Waals surface area (Å²) in [5.74, 6) is -0.804. The smallest absolute Gasteiger partial charge is 0.397 e. The highest BCUT2D eigenvalue weighted by Crippen LogP contribution is 2.41. The number of hydrogen-bond acceptors (Lipinski definition) is 4. The van der Waals surface area contributed by atoms with Gasteiger partial charge in [0.25, 0.3) is 0 Å². The number of halogens is 3. The molecule has 0 bridgehead atoms. The number of hydrogen-bond donors (Lipinski definition) is 1. The SMILES string of the molecule is Cc1cc(CN2CCN(Cc3ccncc3)C(CC(=O)O)C2)ccc1-c1ccc(C(C)(C)C(F)(F)F)cc1. The van der Waals surface area contributed by atoms with Gasteiger partial charge in [-0.1, -0.05) is 42.5 Å². The topological polar surface area (TPSA) is 56.7 Å². The maximum atomic E-state index is 13.4. The van der Waals surface area contributed by atoms with Crippen molar-refractivity contribution in [2.45, 2.75) is 57.9 Å². The van der Waals surface area contributed by atoms with Crippen LogP contribution in [-0.4, -0.2) is 57.7 Å². The lowest BCUT2D eigenvalue weighted by atomic mass is 9.83. The first-order chi connectivity index (χ1) is 17.9. The number of aliphatic carboxylic acids is 1. The first-order valence-electron chi connectivity index (χ1n) is 12.8. The molecule has 1 saturated heterocycles. The number of carboxylic acid groups (broad SMARTS) is 1. The zero-order chi connectivity index (χ0) is 27.5. The summed E-state index contributed by atoms with van der Waals surface area (Å²) in [5, 5.41) is 9.49. The summed E-state index contributed by atoms with van der Waals surface area (Å²) in [6.07, 6.45) is -0.732. The van der Waals surface area contributed by atoms with Crippen molar-refractivity contribution in [1.29, 1.82) is 0 Å². The highest BCUT2D eigenvalue weighted by Gasteiger charge is 2.48. The summed E-state index contributed by atoms with van der Waals surface area (Å²) >= 11 is 0. The quantitative estimate of drug-likeness (QED) is 0.388. The molecule has 1 N–H and O–H groups in total. The Labute approximate surface area is 221 Å². The summed E-state index contributed by atoms with van der Waals surface area (Å²) in [7, 11) is 0. The van der Waals surface area contributed by atoms with E-state index in [0.29, 0.717) is 19.6 Å². The molecule has 1 aliphatic heterocycles. The molecule has 5 nitrogen and oxygen atoms in total. The Morgan fingerprint density at radius 1 is 0.974 bits per heavy atom. The van der Waals surface area contributed by atoms with Crippen LogP contribution in [-0.2, 0) is 23.3 Å². The van der Waals surface area contributed by atoms with Crippen LogP contribution in [0.4, 0.5) is 13.2 Å². The van der Waals surface area contributed by atoms with Crippen molar-refractivity contribution in [1.82, 2.24) is 14.8 Å². The van der Waals surface area contributed by atoms with Gasteiger partial charge in [-0.2, -0.15) is 13.2 Å². The van der Waals surface area contributed by atoms with Crippen LogP contribution in [0, 0.1) is 6.92 Å². The maximum absolute atomic E-state index is 13.4. The third-order valence-corrected chi connectivity index (χ3v) is 7.56. The average Bonchev–Trinajstić information content (AvgIpc) is 2.85. The van der Waals surface area contributed by atoms with E-state index < -0.39 is 17.6 Å². The number of rotatable bonds is 8. The van der Waals surface area contributed by atoms with Gasteiger partial charge in [0.15, 0.2) is 0 Å². The van der Waals surface area contributed by atoms with Gasteiger partial charge in [0.2, 0.25) is 0 Å². The van der Waals surface area contributed by atoms with Gasteiger partial charge in [0.05, 0.1) is 11.8 Å². The normalized spacial score (nSPS) is 17.5. The van der Waals surface area contributed by atoms with Gasteiger partial charge in [0.1, 0.15) is 0 Å². The van der Waals surface area contributed by atoms with Crippen LogP contribution in [0.3, 0.4) is 0 Å². The molecule has 38 heavy (non-hydrogen) atoms. The van der Waals surface area contributed by atoms with E-state index in [1.165, 1.54) is 13.8 Å². The Bertz CT molecular complexity index is 1240. The summed E-state index contributed by atoms with van der Waals surface area (Å²) < 4.78 is 40.2. The van der Waals surface area contributed by atoms with Crippen molar-refractivity contribution in [3.8, 4) is 11.1 Å². The van der Waals surface area contributed by atoms with Gasteiger partial charge in [-0.3, -0.25) is 19.6 Å². The first-order valence-corrected chi connectivity index (χ1v) is 12.8. The van der Waals surface area contributed by atoms with Crippen LogP contribution in [0.5, 0.6) is 0 Å². The van der Waals surface area contributed by atoms with E-state index in [-0.39, 0.29) is 18.0 Å². The monoisotopic (exact) mass is 525 g/mol. The summed E-state index contributed by atoms with van der Waals surface area (Å²) in [5.41, 5.74) is 3.47. The molecule has 1 aromatic heterocycles. The molecule has 4 rings (SSSR count). The van der Waals surface area contributed by atoms with Crippen molar-refractivity contribution >= 4 is 5.97 Å². The fraction of sp³-hybridized carbons (Fsp3) is 0.400. The van der Waals surface area contributed by atoms with Crippen molar-refractivity contribution < 1.29 is 23.1 Å². The lowest BCUT2D eigenvalue weighted by Crippen LogP contribution is -2.52. The van der Waals surface area contributed by atoms with Gasteiger partial charge in [-0.15, -0.1) is 0 Å². The van der Waals surface area contributed by atoms with Crippen molar-refractivity contribution in [3.63, 3.8) is 0 Å². The fourth-order valence-corrected chi connectivity index (χ4v) is 5.06. The zero-order valence-electron chi connectivity index (χ0n) is 22.0. The lowest BCUT2D eigenvalue weighted by molar-refractivity contribution is -0.180. The Hall–Kier alpha value is -3.23. The van der Waals surface area contributed by atoms with Crippen LogP contribution in [0.1, 0.15) is 42.5 Å². The molecule has 2 aromatic carbocycles. The Morgan fingerprint density at radius 2 is 1.66 bits per heavy atom. The van der Waals surface area contributed by atoms with E-state index in [1.54, 1.807) is 36.7 Å². The second kappa shape index (κ2) is 11.3. The van der Waals surface area contributed by atoms with Crippen LogP contribution in [0.25, 0.3) is 11.1 Å². The predicted molar refractivity (Wildman–Crippen MR) is 142 cm³/mol. The minimum absolute atomic E-state index is 0.0840. The summed E-state index contributed by atoms with van der Waals surface area (Å²) in [6, 6.07) is 16.6. The molecular weight excluding hydrogens is 491 g/mol. The van der Waals surface area contributed by atoms with Crippen LogP contribution >= 0.6 is 0 Å². The third kappa shape index (κ3) is 6.42. The van der Waals surface area contributed by atoms with Gasteiger partial charge >= 0.3 is 12.1 Å². The standard InChI is InChI=1S/C30H34F3N3O2/c1-21-16-23(4-9-27(21)24-5-7-25(8-6-24)29(2,3)30(31,32)33)18-35-14-15-36(26(20-35)17-28(37)38)19-22-10-12-34-13-11-22/h4-13,16,26H,14-15,17-20H2,1-3H3,(H,37,38). The number of aryl methyl sites for hydroxylation is 1. The van der Waals surface area contributed by atoms with Crippen molar-refractivity contribution in [3.05, 3.63) is 89.2 Å². The third-order valence-electron chi connectivity index (χ3n) is 7.56. The number of carbonyl (C=O) groups is 1. The van der Waals surface area contributed by atoms with E-state index in [0.717, 1.165) is 40.9 Å². The van der Waals surface area contributed by atoms with Crippen LogP contribution < -0.4 is 0 Å². The van der Waals surface area contributed by atoms with Crippen molar-refractivity contribution in [2.24, 2.45) is 0 Å². The van der Waals surface area contributed by atoms with Crippen LogP contribution in [0.2, 0.25) is 0 Å². The molecule has 0 radical (unpaired) electrons. The average molecular weight is 526 g/mol. The van der Waals surface area contributed by atoms with Crippen molar-refractivity contribution in [2.75, 3.05) is 19.6 Å². The molecule has 1 unspecified atom stereocenters. The number of benzene rings is 2. The molecule has 1 atom stereocenters. The lowest BCUT2D eigenvalue weighted by Gasteiger charge is -2.41. The minimum atomic E-state index is -4.32. The minimum Gasteiger partial charge on any atom is -0.481 e. The predicted octanol–water partition coefficient (Wildman–Crippen LogP) is 6.06. The molecule has 0 saturated carbocycles. The molecule has 0 aliphatic carbocycles. The van der Waals surface area contributed by atoms with Gasteiger partial charge in [-0.25, -0.2) is 0 Å². The number of pyridine rings is 1. The molecular formula is C30H34F3N3O2. The second-order valence-electron chi connectivity index (χ2n) is 10.7. The zero-order valence-corrected chi connectivity index (χ0v) is 22.0. The van der Waals surface area contributed by atoms with Gasteiger partial charge < -0.3 is 5.11 Å². The van der Waals surface area contributed by atoms with Gasteiger partial charge in [0, 0.05) is 51.2 Å². The van der Waals surface area contributed by atoms with E-state index in [1.807, 2.05) is 31.2 Å². The number of alkyl halides is 3. The van der Waals surface area contributed by atoms with Gasteiger partial charge in [-0.05, 0) is 66.3 Å². The molecule has 1 aliphatic rings. The van der Waals surface area contributed by atoms with E-state index in [4.69, 9.17) is 0 Å². The highest BCUT2D eigenvalue weighted by molar-refractivity contribution is 5.68. The molecule has 0 amide bonds. The summed E-state index contributed by atoms with van der Waals surface area (Å²) in [6.45, 7) is 8.07. The molecule has 1 fully saturated rings. The number of nitrogens with zero attached hydrogens (tertiary/aromatic N) is 3. The molecule has 2 heterocycles. The fourth-order valence-electron chi connectivity index (χ4n) is 5.06. The number of piperazine rings is 1.